The van der Waals surface area contributed by atoms with Crippen LogP contribution in [0.4, 0.5) is 0 Å². The molecule has 0 amide bonds. The first-order valence-corrected chi connectivity index (χ1v) is 7.74. The summed E-state index contributed by atoms with van der Waals surface area (Å²) in [5.74, 6) is 4.88. The van der Waals surface area contributed by atoms with Crippen LogP contribution in [0.25, 0.3) is 0 Å². The molecule has 2 nitrogen and oxygen atoms in total. The average Bonchev–Trinajstić information content (AvgIpc) is 2.30. The summed E-state index contributed by atoms with van der Waals surface area (Å²) in [6, 6.07) is 0. The highest BCUT2D eigenvalue weighted by Gasteiger charge is 2.24. The van der Waals surface area contributed by atoms with Gasteiger partial charge in [0.05, 0.1) is 26.2 Å². The molecule has 0 aromatic heterocycles. The van der Waals surface area contributed by atoms with Crippen molar-refractivity contribution in [3.05, 3.63) is 0 Å². The molecule has 0 aliphatic carbocycles. The molecule has 0 aromatic rings. The molecule has 6 heteroatoms. The maximum Gasteiger partial charge on any atom is 0.345 e. The third kappa shape index (κ3) is 3.91. The molecular formula is C9H16Cl2N2S2. The Kier molecular flexibility index (Phi) is 6.58. The Morgan fingerprint density at radius 1 is 1.00 bits per heavy atom. The van der Waals surface area contributed by atoms with Crippen molar-refractivity contribution in [3.63, 3.8) is 0 Å². The standard InChI is InChI=1S/C9H16ClN2S2.ClH/c10-9(11-1-5-13-6-2-11)12-3-7-14-8-4-12;/h1-8H2;1H/q+1;/p-1. The van der Waals surface area contributed by atoms with E-state index in [-0.39, 0.29) is 12.4 Å². The molecule has 88 valence electrons. The number of rotatable bonds is 0. The Bertz CT molecular complexity index is 222. The highest BCUT2D eigenvalue weighted by Crippen LogP contribution is 2.13. The monoisotopic (exact) mass is 286 g/mol. The van der Waals surface area contributed by atoms with Crippen molar-refractivity contribution in [1.82, 2.24) is 4.90 Å². The highest BCUT2D eigenvalue weighted by atomic mass is 35.5. The molecule has 0 N–H and O–H groups in total. The van der Waals surface area contributed by atoms with Crippen LogP contribution in [0, 0.1) is 0 Å². The van der Waals surface area contributed by atoms with Crippen LogP contribution in [-0.2, 0) is 0 Å². The minimum Gasteiger partial charge on any atom is -1.00 e. The minimum atomic E-state index is 0. The summed E-state index contributed by atoms with van der Waals surface area (Å²) in [5.41, 5.74) is 0. The van der Waals surface area contributed by atoms with Gasteiger partial charge in [-0.05, 0) is 0 Å². The predicted molar refractivity (Wildman–Crippen MR) is 67.1 cm³/mol. The van der Waals surface area contributed by atoms with Crippen molar-refractivity contribution in [2.45, 2.75) is 0 Å². The van der Waals surface area contributed by atoms with Gasteiger partial charge in [0.25, 0.3) is 0 Å². The molecule has 2 fully saturated rings. The molecule has 2 saturated heterocycles. The van der Waals surface area contributed by atoms with Crippen LogP contribution in [0.15, 0.2) is 0 Å². The summed E-state index contributed by atoms with van der Waals surface area (Å²) in [7, 11) is 0. The van der Waals surface area contributed by atoms with Crippen molar-refractivity contribution in [1.29, 1.82) is 0 Å². The van der Waals surface area contributed by atoms with E-state index in [1.54, 1.807) is 0 Å². The molecule has 2 rings (SSSR count). The summed E-state index contributed by atoms with van der Waals surface area (Å²) < 4.78 is 2.33. The molecule has 15 heavy (non-hydrogen) atoms. The quantitative estimate of drug-likeness (QED) is 0.301. The second-order valence-electron chi connectivity index (χ2n) is 3.47. The summed E-state index contributed by atoms with van der Waals surface area (Å²) in [5, 5.41) is 0.991. The fourth-order valence-corrected chi connectivity index (χ4v) is 3.84. The molecule has 0 saturated carbocycles. The van der Waals surface area contributed by atoms with Crippen LogP contribution in [0.1, 0.15) is 0 Å². The van der Waals surface area contributed by atoms with E-state index in [2.05, 4.69) is 9.48 Å². The summed E-state index contributed by atoms with van der Waals surface area (Å²) in [4.78, 5) is 2.33. The minimum absolute atomic E-state index is 0. The first-order chi connectivity index (χ1) is 6.88. The number of hydrogen-bond acceptors (Lipinski definition) is 2. The lowest BCUT2D eigenvalue weighted by Crippen LogP contribution is -3.00. The van der Waals surface area contributed by atoms with E-state index in [1.165, 1.54) is 23.0 Å². The topological polar surface area (TPSA) is 6.25 Å². The van der Waals surface area contributed by atoms with E-state index < -0.39 is 0 Å². The van der Waals surface area contributed by atoms with Gasteiger partial charge in [-0.1, -0.05) is 0 Å². The Morgan fingerprint density at radius 3 is 2.13 bits per heavy atom. The van der Waals surface area contributed by atoms with Crippen LogP contribution in [0.2, 0.25) is 0 Å². The Morgan fingerprint density at radius 2 is 1.53 bits per heavy atom. The molecule has 2 aliphatic heterocycles. The fraction of sp³-hybridized carbons (Fsp3) is 0.889. The van der Waals surface area contributed by atoms with Gasteiger partial charge in [-0.3, -0.25) is 0 Å². The van der Waals surface area contributed by atoms with E-state index in [0.29, 0.717) is 0 Å². The van der Waals surface area contributed by atoms with E-state index in [9.17, 15) is 0 Å². The van der Waals surface area contributed by atoms with Gasteiger partial charge in [-0.25, -0.2) is 9.48 Å². The van der Waals surface area contributed by atoms with Gasteiger partial charge < -0.3 is 12.4 Å². The first kappa shape index (κ1) is 13.8. The third-order valence-electron chi connectivity index (χ3n) is 2.54. The molecular weight excluding hydrogens is 271 g/mol. The van der Waals surface area contributed by atoms with Gasteiger partial charge in [0, 0.05) is 34.6 Å². The van der Waals surface area contributed by atoms with Gasteiger partial charge in [0.2, 0.25) is 0 Å². The van der Waals surface area contributed by atoms with Crippen molar-refractivity contribution in [2.24, 2.45) is 0 Å². The molecule has 0 spiro atoms. The van der Waals surface area contributed by atoms with Crippen molar-refractivity contribution >= 4 is 40.4 Å². The zero-order valence-corrected chi connectivity index (χ0v) is 11.8. The summed E-state index contributed by atoms with van der Waals surface area (Å²) >= 11 is 10.4. The van der Waals surface area contributed by atoms with E-state index in [4.69, 9.17) is 11.6 Å². The third-order valence-corrected chi connectivity index (χ3v) is 4.91. The molecule has 0 atom stereocenters. The zero-order chi connectivity index (χ0) is 9.80. The zero-order valence-electron chi connectivity index (χ0n) is 8.62. The van der Waals surface area contributed by atoms with Crippen LogP contribution in [-0.4, -0.2) is 64.0 Å². The molecule has 0 radical (unpaired) electrons. The number of nitrogens with zero attached hydrogens (tertiary/aromatic N) is 2. The Hall–Kier alpha value is 0.750. The average molecular weight is 287 g/mol. The first-order valence-electron chi connectivity index (χ1n) is 5.06. The Labute approximate surface area is 111 Å². The van der Waals surface area contributed by atoms with Crippen LogP contribution in [0.5, 0.6) is 0 Å². The van der Waals surface area contributed by atoms with Crippen LogP contribution in [0.3, 0.4) is 0 Å². The summed E-state index contributed by atoms with van der Waals surface area (Å²) in [6.07, 6.45) is 0. The highest BCUT2D eigenvalue weighted by molar-refractivity contribution is 7.99. The van der Waals surface area contributed by atoms with Gasteiger partial charge in [0.15, 0.2) is 0 Å². The smallest absolute Gasteiger partial charge is 0.345 e. The lowest BCUT2D eigenvalue weighted by atomic mass is 10.5. The molecule has 2 heterocycles. The number of hydrogen-bond donors (Lipinski definition) is 0. The fourth-order valence-electron chi connectivity index (χ4n) is 1.70. The SMILES string of the molecule is ClC(N1CCSCC1)=[N+]1CCSCC1.[Cl-]. The van der Waals surface area contributed by atoms with Crippen molar-refractivity contribution in [2.75, 3.05) is 49.2 Å². The van der Waals surface area contributed by atoms with Gasteiger partial charge in [0.1, 0.15) is 0 Å². The number of amidine groups is 1. The van der Waals surface area contributed by atoms with E-state index in [0.717, 1.165) is 31.5 Å². The van der Waals surface area contributed by atoms with E-state index >= 15 is 0 Å². The number of halogens is 2. The van der Waals surface area contributed by atoms with Gasteiger partial charge >= 0.3 is 5.29 Å². The lowest BCUT2D eigenvalue weighted by Gasteiger charge is -2.23. The second-order valence-corrected chi connectivity index (χ2v) is 6.26. The van der Waals surface area contributed by atoms with Crippen LogP contribution >= 0.6 is 35.1 Å². The normalized spacial score (nSPS) is 22.2. The van der Waals surface area contributed by atoms with Gasteiger partial charge in [-0.15, -0.1) is 0 Å². The molecule has 2 aliphatic rings. The largest absolute Gasteiger partial charge is 1.00 e. The maximum absolute atomic E-state index is 6.39. The van der Waals surface area contributed by atoms with Crippen molar-refractivity contribution in [3.8, 4) is 0 Å². The predicted octanol–water partition coefficient (Wildman–Crippen LogP) is -1.61. The van der Waals surface area contributed by atoms with Gasteiger partial charge in [-0.2, -0.15) is 23.5 Å². The molecule has 0 unspecified atom stereocenters. The molecule has 0 aromatic carbocycles. The molecule has 0 bridgehead atoms. The van der Waals surface area contributed by atoms with E-state index in [1.807, 2.05) is 23.5 Å². The second kappa shape index (κ2) is 7.15. The maximum atomic E-state index is 6.39. The summed E-state index contributed by atoms with van der Waals surface area (Å²) in [6.45, 7) is 4.47. The van der Waals surface area contributed by atoms with Crippen molar-refractivity contribution < 1.29 is 17.0 Å². The Balaban J connectivity index is 0.00000112. The lowest BCUT2D eigenvalue weighted by molar-refractivity contribution is -0.523. The van der Waals surface area contributed by atoms with Crippen LogP contribution < -0.4 is 12.4 Å². The number of thioether (sulfide) groups is 2.